The number of nitrogens with one attached hydrogen (secondary N) is 1. The summed E-state index contributed by atoms with van der Waals surface area (Å²) < 4.78 is 19.6. The molecule has 1 atom stereocenters. The molecular formula is C17H16FN5O2. The molecule has 1 saturated heterocycles. The maximum atomic E-state index is 14.4. The molecule has 0 spiro atoms. The number of hydrogen-bond donors (Lipinski definition) is 1. The van der Waals surface area contributed by atoms with E-state index < -0.39 is 23.6 Å². The first-order valence-electron chi connectivity index (χ1n) is 7.82. The summed E-state index contributed by atoms with van der Waals surface area (Å²) in [5, 5.41) is 10.9. The molecule has 1 amide bonds. The Bertz CT molecular complexity index is 819. The zero-order chi connectivity index (χ0) is 18.0. The quantitative estimate of drug-likeness (QED) is 0.300. The molecule has 0 bridgehead atoms. The van der Waals surface area contributed by atoms with Crippen molar-refractivity contribution in [2.75, 3.05) is 18.0 Å². The highest BCUT2D eigenvalue weighted by atomic mass is 19.1. The summed E-state index contributed by atoms with van der Waals surface area (Å²) in [7, 11) is 0. The summed E-state index contributed by atoms with van der Waals surface area (Å²) in [4.78, 5) is 21.0. The van der Waals surface area contributed by atoms with Gasteiger partial charge < -0.3 is 9.58 Å². The van der Waals surface area contributed by atoms with Crippen molar-refractivity contribution in [1.29, 1.82) is 5.26 Å². The van der Waals surface area contributed by atoms with Gasteiger partial charge in [0.1, 0.15) is 17.8 Å². The molecule has 25 heavy (non-hydrogen) atoms. The number of amides is 1. The Kier molecular flexibility index (Phi) is 4.28. The summed E-state index contributed by atoms with van der Waals surface area (Å²) >= 11 is 0. The van der Waals surface area contributed by atoms with Crippen molar-refractivity contribution >= 4 is 17.6 Å². The maximum Gasteiger partial charge on any atom is 0.414 e. The van der Waals surface area contributed by atoms with Gasteiger partial charge in [0.15, 0.2) is 6.19 Å². The number of ether oxygens (including phenoxy) is 1. The molecule has 0 unspecified atom stereocenters. The number of halogens is 1. The molecule has 7 nitrogen and oxygen atoms in total. The third-order valence-electron chi connectivity index (χ3n) is 4.35. The van der Waals surface area contributed by atoms with Crippen molar-refractivity contribution in [3.05, 3.63) is 41.0 Å². The molecule has 128 valence electrons. The number of amidine groups is 1. The van der Waals surface area contributed by atoms with Crippen LogP contribution < -0.4 is 10.2 Å². The van der Waals surface area contributed by atoms with Gasteiger partial charge in [0, 0.05) is 12.8 Å². The first-order chi connectivity index (χ1) is 12.0. The third kappa shape index (κ3) is 3.24. The van der Waals surface area contributed by atoms with Crippen LogP contribution in [0.4, 0.5) is 14.9 Å². The van der Waals surface area contributed by atoms with Gasteiger partial charge in [0.25, 0.3) is 5.54 Å². The first kappa shape index (κ1) is 16.7. The second kappa shape index (κ2) is 6.40. The standard InChI is InChI=1S/C17H16FN5O2/c1-11(22-10-19)21-8-13-9-23(16(24)25-13)12-3-4-14(15(18)7-12)17(20-2)5-6-17/h3-4,7,13H,5-6,8-9H2,1H3,(H,21,22)/t13-/m0/s1. The highest BCUT2D eigenvalue weighted by molar-refractivity contribution is 5.90. The van der Waals surface area contributed by atoms with E-state index in [2.05, 4.69) is 15.2 Å². The number of anilines is 1. The smallest absolute Gasteiger partial charge is 0.414 e. The molecule has 1 saturated carbocycles. The number of nitriles is 1. The summed E-state index contributed by atoms with van der Waals surface area (Å²) in [6.07, 6.45) is 2.05. The van der Waals surface area contributed by atoms with Gasteiger partial charge in [-0.25, -0.2) is 15.8 Å². The average Bonchev–Trinajstić information content (AvgIpc) is 3.29. The van der Waals surface area contributed by atoms with Crippen molar-refractivity contribution in [2.24, 2.45) is 4.99 Å². The molecule has 0 aromatic heterocycles. The normalized spacial score (nSPS) is 21.3. The Morgan fingerprint density at radius 1 is 1.64 bits per heavy atom. The Balaban J connectivity index is 1.72. The van der Waals surface area contributed by atoms with E-state index >= 15 is 0 Å². The van der Waals surface area contributed by atoms with E-state index in [0.717, 1.165) is 0 Å². The van der Waals surface area contributed by atoms with Crippen molar-refractivity contribution < 1.29 is 13.9 Å². The molecule has 1 N–H and O–H groups in total. The van der Waals surface area contributed by atoms with Gasteiger partial charge in [-0.15, -0.1) is 0 Å². The monoisotopic (exact) mass is 341 g/mol. The van der Waals surface area contributed by atoms with Crippen LogP contribution in [-0.4, -0.2) is 31.1 Å². The SMILES string of the molecule is [C-]#[N+]C1(c2ccc(N3C[C@H](CN=C(C)NC#N)OC3=O)cc2F)CC1. The number of nitrogens with zero attached hydrogens (tertiary/aromatic N) is 4. The highest BCUT2D eigenvalue weighted by Crippen LogP contribution is 2.50. The van der Waals surface area contributed by atoms with Crippen LogP contribution in [-0.2, 0) is 10.3 Å². The van der Waals surface area contributed by atoms with Crippen LogP contribution in [0.5, 0.6) is 0 Å². The highest BCUT2D eigenvalue weighted by Gasteiger charge is 2.54. The second-order valence-corrected chi connectivity index (χ2v) is 6.09. The Morgan fingerprint density at radius 2 is 2.40 bits per heavy atom. The maximum absolute atomic E-state index is 14.4. The lowest BCUT2D eigenvalue weighted by Gasteiger charge is -2.14. The van der Waals surface area contributed by atoms with Crippen LogP contribution >= 0.6 is 0 Å². The fourth-order valence-corrected chi connectivity index (χ4v) is 2.80. The minimum Gasteiger partial charge on any atom is -0.442 e. The molecule has 2 aliphatic rings. The lowest BCUT2D eigenvalue weighted by atomic mass is 10.0. The van der Waals surface area contributed by atoms with Gasteiger partial charge in [0.05, 0.1) is 24.3 Å². The van der Waals surface area contributed by atoms with Crippen molar-refractivity contribution in [3.63, 3.8) is 0 Å². The van der Waals surface area contributed by atoms with E-state index in [9.17, 15) is 9.18 Å². The number of rotatable bonds is 4. The molecule has 1 heterocycles. The predicted molar refractivity (Wildman–Crippen MR) is 88.3 cm³/mol. The number of hydrogen-bond acceptors (Lipinski definition) is 4. The van der Waals surface area contributed by atoms with Crippen LogP contribution in [0.3, 0.4) is 0 Å². The average molecular weight is 341 g/mol. The van der Waals surface area contributed by atoms with Crippen molar-refractivity contribution in [1.82, 2.24) is 5.32 Å². The lowest BCUT2D eigenvalue weighted by molar-refractivity contribution is 0.145. The summed E-state index contributed by atoms with van der Waals surface area (Å²) in [6, 6.07) is 4.49. The molecule has 1 aromatic carbocycles. The summed E-state index contributed by atoms with van der Waals surface area (Å²) in [5.41, 5.74) is 0.0555. The number of carbonyl (C=O) groups is 1. The van der Waals surface area contributed by atoms with E-state index in [4.69, 9.17) is 16.6 Å². The van der Waals surface area contributed by atoms with Crippen molar-refractivity contribution in [2.45, 2.75) is 31.4 Å². The van der Waals surface area contributed by atoms with Gasteiger partial charge in [-0.3, -0.25) is 15.2 Å². The Labute approximate surface area is 144 Å². The van der Waals surface area contributed by atoms with E-state index in [1.165, 1.54) is 11.0 Å². The fraction of sp³-hybridized carbons (Fsp3) is 0.412. The van der Waals surface area contributed by atoms with E-state index in [-0.39, 0.29) is 13.1 Å². The molecule has 8 heteroatoms. The minimum absolute atomic E-state index is 0.212. The molecule has 3 rings (SSSR count). The van der Waals surface area contributed by atoms with E-state index in [1.54, 1.807) is 25.2 Å². The van der Waals surface area contributed by atoms with Crippen LogP contribution in [0, 0.1) is 23.8 Å². The minimum atomic E-state index is -0.726. The summed E-state index contributed by atoms with van der Waals surface area (Å²) in [6.45, 7) is 9.32. The molecule has 0 radical (unpaired) electrons. The van der Waals surface area contributed by atoms with Crippen LogP contribution in [0.15, 0.2) is 23.2 Å². The van der Waals surface area contributed by atoms with E-state index in [1.807, 2.05) is 0 Å². The lowest BCUT2D eigenvalue weighted by Crippen LogP contribution is -2.26. The molecule has 2 fully saturated rings. The molecule has 1 aromatic rings. The van der Waals surface area contributed by atoms with Crippen LogP contribution in [0.2, 0.25) is 0 Å². The summed E-state index contributed by atoms with van der Waals surface area (Å²) in [5.74, 6) is -0.0457. The van der Waals surface area contributed by atoms with Crippen LogP contribution in [0.25, 0.3) is 4.85 Å². The molecular weight excluding hydrogens is 325 g/mol. The van der Waals surface area contributed by atoms with E-state index in [0.29, 0.717) is 29.9 Å². The molecule has 1 aliphatic heterocycles. The topological polar surface area (TPSA) is 82.1 Å². The number of benzene rings is 1. The van der Waals surface area contributed by atoms with Gasteiger partial charge in [-0.05, 0) is 25.1 Å². The Morgan fingerprint density at radius 3 is 3.00 bits per heavy atom. The number of carbonyl (C=O) groups excluding carboxylic acids is 1. The van der Waals surface area contributed by atoms with Gasteiger partial charge in [-0.1, -0.05) is 0 Å². The van der Waals surface area contributed by atoms with Crippen molar-refractivity contribution in [3.8, 4) is 6.19 Å². The number of cyclic esters (lactones) is 1. The first-order valence-corrected chi connectivity index (χ1v) is 7.82. The second-order valence-electron chi connectivity index (χ2n) is 6.09. The zero-order valence-electron chi connectivity index (χ0n) is 13.6. The van der Waals surface area contributed by atoms with Gasteiger partial charge in [0.2, 0.25) is 0 Å². The molecule has 1 aliphatic carbocycles. The third-order valence-corrected chi connectivity index (χ3v) is 4.35. The predicted octanol–water partition coefficient (Wildman–Crippen LogP) is 2.55. The fourth-order valence-electron chi connectivity index (χ4n) is 2.80. The van der Waals surface area contributed by atoms with Gasteiger partial charge in [-0.2, -0.15) is 5.26 Å². The largest absolute Gasteiger partial charge is 0.442 e. The zero-order valence-corrected chi connectivity index (χ0v) is 13.6. The number of aliphatic imine (C=N–C) groups is 1. The van der Waals surface area contributed by atoms with Crippen LogP contribution in [0.1, 0.15) is 25.3 Å². The van der Waals surface area contributed by atoms with Gasteiger partial charge >= 0.3 is 6.09 Å². The Hall–Kier alpha value is -3.13.